The van der Waals surface area contributed by atoms with Crippen LogP contribution >= 0.6 is 0 Å². The third-order valence-electron chi connectivity index (χ3n) is 1.92. The molecule has 0 radical (unpaired) electrons. The van der Waals surface area contributed by atoms with E-state index in [1.807, 2.05) is 6.92 Å². The molecular weight excluding hydrogens is 132 g/mol. The van der Waals surface area contributed by atoms with Gasteiger partial charge in [0.15, 0.2) is 0 Å². The monoisotopic (exact) mass is 144 g/mol. The van der Waals surface area contributed by atoms with Gasteiger partial charge in [0.05, 0.1) is 0 Å². The third kappa shape index (κ3) is 1.89. The number of terminal acetylenes is 1. The predicted molar refractivity (Wildman–Crippen MR) is 47.8 cm³/mol. The van der Waals surface area contributed by atoms with Gasteiger partial charge in [-0.25, -0.2) is 0 Å². The zero-order valence-corrected chi connectivity index (χ0v) is 6.91. The lowest BCUT2D eigenvalue weighted by Gasteiger charge is -2.11. The molecule has 0 aromatic heterocycles. The summed E-state index contributed by atoms with van der Waals surface area (Å²) in [6.07, 6.45) is 9.96. The first-order valence-electron chi connectivity index (χ1n) is 4.00. The van der Waals surface area contributed by atoms with Crippen LogP contribution in [-0.2, 0) is 0 Å². The Balaban J connectivity index is 2.90. The Kier molecular flexibility index (Phi) is 2.82. The van der Waals surface area contributed by atoms with Crippen LogP contribution in [-0.4, -0.2) is 0 Å². The van der Waals surface area contributed by atoms with Gasteiger partial charge in [-0.1, -0.05) is 11.8 Å². The number of allylic oxidation sites excluding steroid dienone is 2. The Morgan fingerprint density at radius 2 is 1.82 bits per heavy atom. The summed E-state index contributed by atoms with van der Waals surface area (Å²) in [5.74, 6) is 8.69. The lowest BCUT2D eigenvalue weighted by atomic mass is 9.92. The first-order chi connectivity index (χ1) is 5.38. The van der Waals surface area contributed by atoms with E-state index >= 15 is 0 Å². The zero-order valence-electron chi connectivity index (χ0n) is 6.91. The molecule has 0 N–H and O–H groups in total. The average Bonchev–Trinajstić information content (AvgIpc) is 2.06. The Morgan fingerprint density at radius 1 is 1.18 bits per heavy atom. The maximum atomic E-state index is 5.35. The molecule has 0 heteroatoms. The molecule has 0 amide bonds. The van der Waals surface area contributed by atoms with Crippen molar-refractivity contribution < 1.29 is 0 Å². The molecular formula is C11H12. The van der Waals surface area contributed by atoms with Crippen LogP contribution in [0.4, 0.5) is 0 Å². The van der Waals surface area contributed by atoms with Gasteiger partial charge in [0, 0.05) is 11.1 Å². The predicted octanol–water partition coefficient (Wildman–Crippen LogP) is 2.51. The summed E-state index contributed by atoms with van der Waals surface area (Å²) in [7, 11) is 0. The number of rotatable bonds is 0. The van der Waals surface area contributed by atoms with Crippen molar-refractivity contribution in [3.63, 3.8) is 0 Å². The second-order valence-corrected chi connectivity index (χ2v) is 2.68. The highest BCUT2D eigenvalue weighted by molar-refractivity contribution is 5.42. The molecule has 1 aliphatic rings. The molecule has 0 heterocycles. The molecule has 0 saturated heterocycles. The van der Waals surface area contributed by atoms with E-state index in [-0.39, 0.29) is 0 Å². The standard InChI is InChI=1S/C11H12/c1-3-7-11-9-6-5-8-10(11)4-2/h2H,5-6,8-9H2,1H3. The van der Waals surface area contributed by atoms with Crippen molar-refractivity contribution in [2.45, 2.75) is 32.6 Å². The highest BCUT2D eigenvalue weighted by atomic mass is 14.1. The Bertz CT molecular complexity index is 263. The van der Waals surface area contributed by atoms with Crippen LogP contribution in [0, 0.1) is 24.2 Å². The fourth-order valence-corrected chi connectivity index (χ4v) is 1.35. The van der Waals surface area contributed by atoms with Crippen LogP contribution < -0.4 is 0 Å². The summed E-state index contributed by atoms with van der Waals surface area (Å²) in [6, 6.07) is 0. The maximum Gasteiger partial charge on any atom is 0.0135 e. The fourth-order valence-electron chi connectivity index (χ4n) is 1.35. The molecule has 0 fully saturated rings. The van der Waals surface area contributed by atoms with Crippen molar-refractivity contribution >= 4 is 0 Å². The van der Waals surface area contributed by atoms with Gasteiger partial charge in [-0.05, 0) is 32.6 Å². The fraction of sp³-hybridized carbons (Fsp3) is 0.455. The van der Waals surface area contributed by atoms with E-state index in [1.165, 1.54) is 18.4 Å². The van der Waals surface area contributed by atoms with Gasteiger partial charge in [-0.2, -0.15) is 0 Å². The van der Waals surface area contributed by atoms with E-state index in [0.29, 0.717) is 0 Å². The van der Waals surface area contributed by atoms with Crippen molar-refractivity contribution in [2.24, 2.45) is 0 Å². The first kappa shape index (κ1) is 7.96. The molecule has 0 bridgehead atoms. The molecule has 0 aliphatic heterocycles. The van der Waals surface area contributed by atoms with Crippen LogP contribution in [0.5, 0.6) is 0 Å². The average molecular weight is 144 g/mol. The largest absolute Gasteiger partial charge is 0.115 e. The van der Waals surface area contributed by atoms with E-state index in [4.69, 9.17) is 6.42 Å². The third-order valence-corrected chi connectivity index (χ3v) is 1.92. The number of hydrogen-bond donors (Lipinski definition) is 0. The summed E-state index contributed by atoms with van der Waals surface area (Å²) in [4.78, 5) is 0. The molecule has 0 aromatic carbocycles. The van der Waals surface area contributed by atoms with E-state index < -0.39 is 0 Å². The quantitative estimate of drug-likeness (QED) is 0.458. The van der Waals surface area contributed by atoms with Gasteiger partial charge in [0.2, 0.25) is 0 Å². The molecule has 1 aliphatic carbocycles. The molecule has 1 rings (SSSR count). The van der Waals surface area contributed by atoms with Crippen molar-refractivity contribution in [1.82, 2.24) is 0 Å². The van der Waals surface area contributed by atoms with Gasteiger partial charge in [-0.15, -0.1) is 12.3 Å². The first-order valence-corrected chi connectivity index (χ1v) is 4.00. The van der Waals surface area contributed by atoms with Crippen LogP contribution in [0.3, 0.4) is 0 Å². The van der Waals surface area contributed by atoms with Crippen LogP contribution in [0.1, 0.15) is 32.6 Å². The van der Waals surface area contributed by atoms with Gasteiger partial charge in [-0.3, -0.25) is 0 Å². The molecule has 0 atom stereocenters. The highest BCUT2D eigenvalue weighted by Gasteiger charge is 2.07. The minimum Gasteiger partial charge on any atom is -0.115 e. The molecule has 0 aromatic rings. The SMILES string of the molecule is C#CC1=C(C#CC)CCCC1. The Labute approximate surface area is 68.7 Å². The molecule has 0 spiro atoms. The van der Waals surface area contributed by atoms with Gasteiger partial charge < -0.3 is 0 Å². The van der Waals surface area contributed by atoms with Gasteiger partial charge >= 0.3 is 0 Å². The minimum atomic E-state index is 1.06. The lowest BCUT2D eigenvalue weighted by Crippen LogP contribution is -1.96. The molecule has 0 saturated carbocycles. The summed E-state index contributed by atoms with van der Waals surface area (Å²) in [6.45, 7) is 1.86. The summed E-state index contributed by atoms with van der Waals surface area (Å²) in [5.41, 5.74) is 2.33. The van der Waals surface area contributed by atoms with Crippen LogP contribution in [0.2, 0.25) is 0 Å². The summed E-state index contributed by atoms with van der Waals surface area (Å²) >= 11 is 0. The molecule has 11 heavy (non-hydrogen) atoms. The summed E-state index contributed by atoms with van der Waals surface area (Å²) < 4.78 is 0. The van der Waals surface area contributed by atoms with E-state index in [1.54, 1.807) is 0 Å². The number of hydrogen-bond acceptors (Lipinski definition) is 0. The van der Waals surface area contributed by atoms with Crippen molar-refractivity contribution in [1.29, 1.82) is 0 Å². The van der Waals surface area contributed by atoms with Gasteiger partial charge in [0.1, 0.15) is 0 Å². The molecule has 56 valence electrons. The van der Waals surface area contributed by atoms with E-state index in [2.05, 4.69) is 17.8 Å². The maximum absolute atomic E-state index is 5.35. The van der Waals surface area contributed by atoms with E-state index in [9.17, 15) is 0 Å². The Morgan fingerprint density at radius 3 is 2.36 bits per heavy atom. The lowest BCUT2D eigenvalue weighted by molar-refractivity contribution is 0.700. The Hall–Kier alpha value is -1.14. The normalized spacial score (nSPS) is 16.7. The smallest absolute Gasteiger partial charge is 0.0135 e. The molecule has 0 nitrogen and oxygen atoms in total. The molecule has 0 unspecified atom stereocenters. The van der Waals surface area contributed by atoms with Crippen LogP contribution in [0.15, 0.2) is 11.1 Å². The summed E-state index contributed by atoms with van der Waals surface area (Å²) in [5, 5.41) is 0. The van der Waals surface area contributed by atoms with E-state index in [0.717, 1.165) is 18.4 Å². The van der Waals surface area contributed by atoms with Crippen molar-refractivity contribution in [2.75, 3.05) is 0 Å². The second-order valence-electron chi connectivity index (χ2n) is 2.68. The highest BCUT2D eigenvalue weighted by Crippen LogP contribution is 2.23. The second kappa shape index (κ2) is 3.89. The zero-order chi connectivity index (χ0) is 8.10. The van der Waals surface area contributed by atoms with Crippen molar-refractivity contribution in [3.8, 4) is 24.2 Å². The topological polar surface area (TPSA) is 0 Å². The van der Waals surface area contributed by atoms with Gasteiger partial charge in [0.25, 0.3) is 0 Å². The van der Waals surface area contributed by atoms with Crippen LogP contribution in [0.25, 0.3) is 0 Å². The minimum absolute atomic E-state index is 1.06. The van der Waals surface area contributed by atoms with Crippen molar-refractivity contribution in [3.05, 3.63) is 11.1 Å².